The molecular formula is C16H28N4S. The molecule has 1 aromatic heterocycles. The molecule has 0 spiro atoms. The minimum Gasteiger partial charge on any atom is -0.357 e. The molecule has 0 amide bonds. The van der Waals surface area contributed by atoms with Crippen LogP contribution in [0.15, 0.2) is 22.5 Å². The van der Waals surface area contributed by atoms with E-state index in [-0.39, 0.29) is 0 Å². The molecule has 0 aliphatic carbocycles. The lowest BCUT2D eigenvalue weighted by molar-refractivity contribution is 0.214. The number of hydrogen-bond donors (Lipinski definition) is 2. The van der Waals surface area contributed by atoms with Crippen molar-refractivity contribution in [2.75, 3.05) is 39.8 Å². The van der Waals surface area contributed by atoms with Crippen LogP contribution in [0.1, 0.15) is 24.6 Å². The Morgan fingerprint density at radius 2 is 2.38 bits per heavy atom. The molecule has 21 heavy (non-hydrogen) atoms. The van der Waals surface area contributed by atoms with E-state index in [1.807, 2.05) is 11.3 Å². The van der Waals surface area contributed by atoms with E-state index in [9.17, 15) is 0 Å². The first-order valence-electron chi connectivity index (χ1n) is 8.01. The number of guanidine groups is 1. The summed E-state index contributed by atoms with van der Waals surface area (Å²) in [7, 11) is 2.21. The van der Waals surface area contributed by atoms with Crippen molar-refractivity contribution in [3.8, 4) is 0 Å². The van der Waals surface area contributed by atoms with Gasteiger partial charge in [-0.1, -0.05) is 6.07 Å². The Bertz CT molecular complexity index is 416. The maximum atomic E-state index is 4.76. The minimum atomic E-state index is 0.705. The topological polar surface area (TPSA) is 39.7 Å². The van der Waals surface area contributed by atoms with Gasteiger partial charge in [-0.2, -0.15) is 0 Å². The van der Waals surface area contributed by atoms with Crippen LogP contribution in [0.5, 0.6) is 0 Å². The van der Waals surface area contributed by atoms with Gasteiger partial charge in [0.1, 0.15) is 0 Å². The molecule has 2 heterocycles. The summed E-state index contributed by atoms with van der Waals surface area (Å²) in [6, 6.07) is 4.30. The molecule has 2 rings (SSSR count). The van der Waals surface area contributed by atoms with Crippen LogP contribution in [0, 0.1) is 5.92 Å². The van der Waals surface area contributed by atoms with Crippen molar-refractivity contribution in [1.29, 1.82) is 0 Å². The van der Waals surface area contributed by atoms with E-state index in [4.69, 9.17) is 4.99 Å². The highest BCUT2D eigenvalue weighted by atomic mass is 32.1. The van der Waals surface area contributed by atoms with E-state index in [2.05, 4.69) is 47.0 Å². The van der Waals surface area contributed by atoms with E-state index in [1.165, 1.54) is 30.8 Å². The van der Waals surface area contributed by atoms with Crippen molar-refractivity contribution in [3.05, 3.63) is 22.4 Å². The zero-order valence-corrected chi connectivity index (χ0v) is 14.1. The van der Waals surface area contributed by atoms with E-state index < -0.39 is 0 Å². The number of nitrogens with one attached hydrogen (secondary N) is 2. The molecule has 0 aromatic carbocycles. The number of hydrogen-bond acceptors (Lipinski definition) is 3. The van der Waals surface area contributed by atoms with Crippen molar-refractivity contribution in [2.24, 2.45) is 10.9 Å². The first kappa shape index (κ1) is 16.3. The fraction of sp³-hybridized carbons (Fsp3) is 0.688. The maximum Gasteiger partial charge on any atom is 0.191 e. The lowest BCUT2D eigenvalue weighted by Crippen LogP contribution is -2.39. The molecule has 0 saturated carbocycles. The first-order chi connectivity index (χ1) is 10.3. The second-order valence-corrected chi connectivity index (χ2v) is 6.78. The second kappa shape index (κ2) is 9.05. The maximum absolute atomic E-state index is 4.76. The quantitative estimate of drug-likeness (QED) is 0.625. The van der Waals surface area contributed by atoms with Gasteiger partial charge in [-0.3, -0.25) is 4.99 Å². The van der Waals surface area contributed by atoms with Gasteiger partial charge in [-0.05, 0) is 57.1 Å². The molecule has 1 atom stereocenters. The monoisotopic (exact) mass is 308 g/mol. The van der Waals surface area contributed by atoms with Gasteiger partial charge >= 0.3 is 0 Å². The number of aliphatic imine (C=N–C) groups is 1. The Balaban J connectivity index is 1.75. The third-order valence-electron chi connectivity index (χ3n) is 3.82. The van der Waals surface area contributed by atoms with Crippen molar-refractivity contribution >= 4 is 17.3 Å². The van der Waals surface area contributed by atoms with Gasteiger partial charge in [0.15, 0.2) is 5.96 Å². The predicted octanol–water partition coefficient (Wildman–Crippen LogP) is 2.19. The van der Waals surface area contributed by atoms with Gasteiger partial charge in [0, 0.05) is 31.1 Å². The molecule has 4 nitrogen and oxygen atoms in total. The SMILES string of the molecule is CCNC(=NCC1CCCN(C)C1)NCCc1cccs1. The Hall–Kier alpha value is -1.07. The summed E-state index contributed by atoms with van der Waals surface area (Å²) in [5.41, 5.74) is 0. The lowest BCUT2D eigenvalue weighted by atomic mass is 9.99. The van der Waals surface area contributed by atoms with Crippen LogP contribution in [0.25, 0.3) is 0 Å². The number of nitrogens with zero attached hydrogens (tertiary/aromatic N) is 2. The largest absolute Gasteiger partial charge is 0.357 e. The molecule has 1 aliphatic heterocycles. The lowest BCUT2D eigenvalue weighted by Gasteiger charge is -2.28. The fourth-order valence-electron chi connectivity index (χ4n) is 2.74. The minimum absolute atomic E-state index is 0.705. The van der Waals surface area contributed by atoms with Crippen LogP contribution in [0.4, 0.5) is 0 Å². The second-order valence-electron chi connectivity index (χ2n) is 5.75. The van der Waals surface area contributed by atoms with E-state index in [1.54, 1.807) is 0 Å². The normalized spacial score (nSPS) is 20.5. The third kappa shape index (κ3) is 6.06. The summed E-state index contributed by atoms with van der Waals surface area (Å²) in [5, 5.41) is 8.92. The van der Waals surface area contributed by atoms with Crippen molar-refractivity contribution in [1.82, 2.24) is 15.5 Å². The van der Waals surface area contributed by atoms with Crippen LogP contribution in [0.3, 0.4) is 0 Å². The first-order valence-corrected chi connectivity index (χ1v) is 8.89. The number of piperidine rings is 1. The highest BCUT2D eigenvalue weighted by Gasteiger charge is 2.16. The zero-order valence-electron chi connectivity index (χ0n) is 13.3. The van der Waals surface area contributed by atoms with Gasteiger partial charge in [0.05, 0.1) is 0 Å². The average Bonchev–Trinajstić information content (AvgIpc) is 2.98. The molecule has 0 bridgehead atoms. The van der Waals surface area contributed by atoms with Crippen LogP contribution < -0.4 is 10.6 Å². The van der Waals surface area contributed by atoms with Crippen LogP contribution in [0.2, 0.25) is 0 Å². The number of likely N-dealkylation sites (tertiary alicyclic amines) is 1. The van der Waals surface area contributed by atoms with Gasteiger partial charge < -0.3 is 15.5 Å². The van der Waals surface area contributed by atoms with Gasteiger partial charge in [0.2, 0.25) is 0 Å². The molecule has 1 fully saturated rings. The van der Waals surface area contributed by atoms with Crippen LogP contribution in [-0.2, 0) is 6.42 Å². The summed E-state index contributed by atoms with van der Waals surface area (Å²) in [6.07, 6.45) is 3.68. The predicted molar refractivity (Wildman–Crippen MR) is 92.2 cm³/mol. The molecule has 1 unspecified atom stereocenters. The Morgan fingerprint density at radius 1 is 1.48 bits per heavy atom. The summed E-state index contributed by atoms with van der Waals surface area (Å²) in [5.74, 6) is 1.67. The van der Waals surface area contributed by atoms with Gasteiger partial charge in [0.25, 0.3) is 0 Å². The molecule has 5 heteroatoms. The molecule has 1 aromatic rings. The average molecular weight is 308 g/mol. The fourth-order valence-corrected chi connectivity index (χ4v) is 3.45. The molecule has 1 saturated heterocycles. The Kier molecular flexibility index (Phi) is 7.03. The summed E-state index contributed by atoms with van der Waals surface area (Å²) in [4.78, 5) is 8.60. The van der Waals surface area contributed by atoms with Gasteiger partial charge in [-0.15, -0.1) is 11.3 Å². The zero-order chi connectivity index (χ0) is 14.9. The van der Waals surface area contributed by atoms with Crippen LogP contribution >= 0.6 is 11.3 Å². The van der Waals surface area contributed by atoms with Gasteiger partial charge in [-0.25, -0.2) is 0 Å². The summed E-state index contributed by atoms with van der Waals surface area (Å²) < 4.78 is 0. The molecule has 1 aliphatic rings. The van der Waals surface area contributed by atoms with Crippen molar-refractivity contribution in [2.45, 2.75) is 26.2 Å². The molecule has 0 radical (unpaired) electrons. The highest BCUT2D eigenvalue weighted by Crippen LogP contribution is 2.15. The smallest absolute Gasteiger partial charge is 0.191 e. The summed E-state index contributed by atoms with van der Waals surface area (Å²) in [6.45, 7) is 7.31. The van der Waals surface area contributed by atoms with Crippen molar-refractivity contribution in [3.63, 3.8) is 0 Å². The molecule has 118 valence electrons. The van der Waals surface area contributed by atoms with E-state index in [0.717, 1.165) is 32.0 Å². The number of rotatable bonds is 6. The molecule has 2 N–H and O–H groups in total. The summed E-state index contributed by atoms with van der Waals surface area (Å²) >= 11 is 1.82. The van der Waals surface area contributed by atoms with E-state index in [0.29, 0.717) is 5.92 Å². The van der Waals surface area contributed by atoms with Crippen LogP contribution in [-0.4, -0.2) is 50.6 Å². The Morgan fingerprint density at radius 3 is 3.10 bits per heavy atom. The highest BCUT2D eigenvalue weighted by molar-refractivity contribution is 7.09. The standard InChI is InChI=1S/C16H28N4S/c1-3-17-16(18-9-8-15-7-5-11-21-15)19-12-14-6-4-10-20(2)13-14/h5,7,11,14H,3-4,6,8-10,12-13H2,1-2H3,(H2,17,18,19). The Labute approximate surface area is 132 Å². The third-order valence-corrected chi connectivity index (χ3v) is 4.75. The number of thiophene rings is 1. The molecular weight excluding hydrogens is 280 g/mol. The van der Waals surface area contributed by atoms with Crippen molar-refractivity contribution < 1.29 is 0 Å². The van der Waals surface area contributed by atoms with E-state index >= 15 is 0 Å².